The molecule has 3 aromatic rings. The van der Waals surface area contributed by atoms with Crippen LogP contribution in [0.1, 0.15) is 21.9 Å². The fourth-order valence-electron chi connectivity index (χ4n) is 2.30. The molecule has 0 aliphatic heterocycles. The molecule has 1 N–H and O–H groups in total. The molecule has 1 aromatic heterocycles. The van der Waals surface area contributed by atoms with E-state index in [4.69, 9.17) is 9.15 Å². The molecule has 0 fully saturated rings. The number of amides is 1. The van der Waals surface area contributed by atoms with Gasteiger partial charge in [0.05, 0.1) is 18.9 Å². The van der Waals surface area contributed by atoms with Crippen molar-refractivity contribution in [3.63, 3.8) is 0 Å². The van der Waals surface area contributed by atoms with Crippen molar-refractivity contribution in [3.8, 4) is 5.75 Å². The molecule has 0 unspecified atom stereocenters. The van der Waals surface area contributed by atoms with Crippen LogP contribution in [0.5, 0.6) is 5.75 Å². The monoisotopic (exact) mass is 308 g/mol. The summed E-state index contributed by atoms with van der Waals surface area (Å²) in [5.41, 5.74) is 2.92. The molecule has 5 nitrogen and oxygen atoms in total. The summed E-state index contributed by atoms with van der Waals surface area (Å²) in [4.78, 5) is 12.3. The second-order valence-electron chi connectivity index (χ2n) is 5.05. The minimum absolute atomic E-state index is 0.341. The van der Waals surface area contributed by atoms with Crippen molar-refractivity contribution < 1.29 is 13.9 Å². The van der Waals surface area contributed by atoms with Crippen LogP contribution >= 0.6 is 0 Å². The van der Waals surface area contributed by atoms with Gasteiger partial charge in [0, 0.05) is 0 Å². The molecule has 0 saturated carbocycles. The van der Waals surface area contributed by atoms with Crippen molar-refractivity contribution in [1.82, 2.24) is 5.43 Å². The summed E-state index contributed by atoms with van der Waals surface area (Å²) < 4.78 is 10.7. The SMILES string of the molecule is COc1cc2ccccc2cc1C(=O)N/N=C\c1ccc(C)o1. The zero-order valence-corrected chi connectivity index (χ0v) is 12.9. The van der Waals surface area contributed by atoms with Gasteiger partial charge in [0.1, 0.15) is 17.3 Å². The molecule has 2 aromatic carbocycles. The van der Waals surface area contributed by atoms with Gasteiger partial charge in [-0.05, 0) is 42.0 Å². The zero-order chi connectivity index (χ0) is 16.2. The number of rotatable bonds is 4. The Morgan fingerprint density at radius 3 is 2.57 bits per heavy atom. The largest absolute Gasteiger partial charge is 0.496 e. The average molecular weight is 308 g/mol. The molecule has 23 heavy (non-hydrogen) atoms. The number of hydrogen-bond acceptors (Lipinski definition) is 4. The van der Waals surface area contributed by atoms with E-state index >= 15 is 0 Å². The molecular weight excluding hydrogens is 292 g/mol. The summed E-state index contributed by atoms with van der Waals surface area (Å²) in [6.45, 7) is 1.84. The van der Waals surface area contributed by atoms with Gasteiger partial charge < -0.3 is 9.15 Å². The number of fused-ring (bicyclic) bond motifs is 1. The van der Waals surface area contributed by atoms with Crippen LogP contribution in [0.3, 0.4) is 0 Å². The fourth-order valence-corrected chi connectivity index (χ4v) is 2.30. The quantitative estimate of drug-likeness (QED) is 0.592. The molecule has 0 radical (unpaired) electrons. The molecule has 0 aliphatic rings. The van der Waals surface area contributed by atoms with E-state index in [1.165, 1.54) is 13.3 Å². The number of aryl methyl sites for hydroxylation is 1. The summed E-state index contributed by atoms with van der Waals surface area (Å²) in [6.07, 6.45) is 1.46. The highest BCUT2D eigenvalue weighted by molar-refractivity contribution is 6.01. The van der Waals surface area contributed by atoms with E-state index in [9.17, 15) is 4.79 Å². The Morgan fingerprint density at radius 2 is 1.91 bits per heavy atom. The van der Waals surface area contributed by atoms with Crippen molar-refractivity contribution in [2.24, 2.45) is 5.10 Å². The molecule has 5 heteroatoms. The molecule has 0 atom stereocenters. The van der Waals surface area contributed by atoms with Crippen LogP contribution in [-0.4, -0.2) is 19.2 Å². The van der Waals surface area contributed by atoms with Gasteiger partial charge in [0.2, 0.25) is 0 Å². The first kappa shape index (κ1) is 14.8. The maximum Gasteiger partial charge on any atom is 0.275 e. The van der Waals surface area contributed by atoms with E-state index in [1.807, 2.05) is 43.3 Å². The lowest BCUT2D eigenvalue weighted by atomic mass is 10.1. The fraction of sp³-hybridized carbons (Fsp3) is 0.111. The van der Waals surface area contributed by atoms with Crippen molar-refractivity contribution in [2.75, 3.05) is 7.11 Å². The molecule has 0 spiro atoms. The van der Waals surface area contributed by atoms with Crippen LogP contribution in [0.15, 0.2) is 58.0 Å². The molecule has 0 aliphatic carbocycles. The highest BCUT2D eigenvalue weighted by Crippen LogP contribution is 2.25. The summed E-state index contributed by atoms with van der Waals surface area (Å²) >= 11 is 0. The molecule has 116 valence electrons. The molecular formula is C18H16N2O3. The smallest absolute Gasteiger partial charge is 0.275 e. The van der Waals surface area contributed by atoms with Crippen LogP contribution in [0.2, 0.25) is 0 Å². The van der Waals surface area contributed by atoms with Gasteiger partial charge in [0.15, 0.2) is 0 Å². The first-order chi connectivity index (χ1) is 11.2. The van der Waals surface area contributed by atoms with Gasteiger partial charge >= 0.3 is 0 Å². The van der Waals surface area contributed by atoms with E-state index in [0.717, 1.165) is 16.5 Å². The number of ether oxygens (including phenoxy) is 1. The summed E-state index contributed by atoms with van der Waals surface area (Å²) in [7, 11) is 1.54. The molecule has 0 saturated heterocycles. The van der Waals surface area contributed by atoms with Gasteiger partial charge in [-0.2, -0.15) is 5.10 Å². The predicted molar refractivity (Wildman–Crippen MR) is 89.0 cm³/mol. The molecule has 0 bridgehead atoms. The van der Waals surface area contributed by atoms with E-state index < -0.39 is 0 Å². The topological polar surface area (TPSA) is 63.8 Å². The Labute approximate surface area is 133 Å². The van der Waals surface area contributed by atoms with Crippen LogP contribution in [0.4, 0.5) is 0 Å². The maximum absolute atomic E-state index is 12.3. The first-order valence-electron chi connectivity index (χ1n) is 7.14. The number of hydrogen-bond donors (Lipinski definition) is 1. The number of carbonyl (C=O) groups is 1. The minimum atomic E-state index is -0.341. The van der Waals surface area contributed by atoms with Crippen LogP contribution in [0.25, 0.3) is 10.8 Å². The Balaban J connectivity index is 1.83. The number of furan rings is 1. The number of methoxy groups -OCH3 is 1. The highest BCUT2D eigenvalue weighted by Gasteiger charge is 2.13. The van der Waals surface area contributed by atoms with Gasteiger partial charge in [-0.25, -0.2) is 5.43 Å². The van der Waals surface area contributed by atoms with Gasteiger partial charge in [-0.1, -0.05) is 24.3 Å². The summed E-state index contributed by atoms with van der Waals surface area (Å²) in [5, 5.41) is 5.88. The van der Waals surface area contributed by atoms with Crippen molar-refractivity contribution in [1.29, 1.82) is 0 Å². The van der Waals surface area contributed by atoms with Gasteiger partial charge in [0.25, 0.3) is 5.91 Å². The van der Waals surface area contributed by atoms with Crippen LogP contribution in [-0.2, 0) is 0 Å². The maximum atomic E-state index is 12.3. The van der Waals surface area contributed by atoms with Gasteiger partial charge in [-0.15, -0.1) is 0 Å². The summed E-state index contributed by atoms with van der Waals surface area (Å²) in [5.74, 6) is 1.53. The van der Waals surface area contributed by atoms with Crippen LogP contribution < -0.4 is 10.2 Å². The Bertz CT molecular complexity index is 881. The second kappa shape index (κ2) is 6.36. The third-order valence-corrected chi connectivity index (χ3v) is 3.43. The number of nitrogens with zero attached hydrogens (tertiary/aromatic N) is 1. The number of carbonyl (C=O) groups excluding carboxylic acids is 1. The van der Waals surface area contributed by atoms with Crippen molar-refractivity contribution in [3.05, 3.63) is 65.6 Å². The van der Waals surface area contributed by atoms with Crippen molar-refractivity contribution >= 4 is 22.9 Å². The lowest BCUT2D eigenvalue weighted by molar-refractivity contribution is 0.0952. The minimum Gasteiger partial charge on any atom is -0.496 e. The van der Waals surface area contributed by atoms with Crippen LogP contribution in [0, 0.1) is 6.92 Å². The average Bonchev–Trinajstić information content (AvgIpc) is 2.98. The zero-order valence-electron chi connectivity index (χ0n) is 12.9. The Hall–Kier alpha value is -3.08. The number of nitrogens with one attached hydrogen (secondary N) is 1. The third-order valence-electron chi connectivity index (χ3n) is 3.43. The van der Waals surface area contributed by atoms with Crippen molar-refractivity contribution in [2.45, 2.75) is 6.92 Å². The molecule has 1 heterocycles. The summed E-state index contributed by atoms with van der Waals surface area (Å²) in [6, 6.07) is 15.0. The van der Waals surface area contributed by atoms with E-state index in [2.05, 4.69) is 10.5 Å². The predicted octanol–water partition coefficient (Wildman–Crippen LogP) is 3.51. The Kier molecular flexibility index (Phi) is 4.10. The third kappa shape index (κ3) is 3.23. The number of benzene rings is 2. The molecule has 3 rings (SSSR count). The van der Waals surface area contributed by atoms with E-state index in [0.29, 0.717) is 17.1 Å². The lowest BCUT2D eigenvalue weighted by Gasteiger charge is -2.09. The van der Waals surface area contributed by atoms with Gasteiger partial charge in [-0.3, -0.25) is 4.79 Å². The molecule has 1 amide bonds. The number of hydrazone groups is 1. The lowest BCUT2D eigenvalue weighted by Crippen LogP contribution is -2.18. The second-order valence-corrected chi connectivity index (χ2v) is 5.05. The van der Waals surface area contributed by atoms with E-state index in [-0.39, 0.29) is 5.91 Å². The highest BCUT2D eigenvalue weighted by atomic mass is 16.5. The van der Waals surface area contributed by atoms with E-state index in [1.54, 1.807) is 12.1 Å². The first-order valence-corrected chi connectivity index (χ1v) is 7.14. The normalized spacial score (nSPS) is 11.0. The standard InChI is InChI=1S/C18H16N2O3/c1-12-7-8-15(23-12)11-19-20-18(21)16-9-13-5-3-4-6-14(13)10-17(16)22-2/h3-11H,1-2H3,(H,20,21)/b19-11-. The Morgan fingerprint density at radius 1 is 1.17 bits per heavy atom.